The standard InChI is InChI=1S/C12H16/c1-12(9-5-2-6-10-12)11-7-3-4-8-11/h2,5-7,9H,3-4,8,10H2,1H3/t12-/m0/s1. The predicted molar refractivity (Wildman–Crippen MR) is 52.9 cm³/mol. The van der Waals surface area contributed by atoms with Crippen molar-refractivity contribution in [3.8, 4) is 0 Å². The predicted octanol–water partition coefficient (Wildman–Crippen LogP) is 3.62. The average Bonchev–Trinajstić information content (AvgIpc) is 2.58. The van der Waals surface area contributed by atoms with Crippen LogP contribution in [0.25, 0.3) is 0 Å². The summed E-state index contributed by atoms with van der Waals surface area (Å²) in [6.07, 6.45) is 16.6. The van der Waals surface area contributed by atoms with Crippen LogP contribution < -0.4 is 0 Å². The highest BCUT2D eigenvalue weighted by atomic mass is 14.3. The molecule has 0 radical (unpaired) electrons. The largest absolute Gasteiger partial charge is 0.0844 e. The fourth-order valence-electron chi connectivity index (χ4n) is 2.16. The van der Waals surface area contributed by atoms with Gasteiger partial charge in [0.05, 0.1) is 0 Å². The molecular weight excluding hydrogens is 144 g/mol. The van der Waals surface area contributed by atoms with Gasteiger partial charge in [0, 0.05) is 5.41 Å². The van der Waals surface area contributed by atoms with Gasteiger partial charge in [-0.25, -0.2) is 0 Å². The minimum atomic E-state index is 0.352. The van der Waals surface area contributed by atoms with Crippen LogP contribution in [0.3, 0.4) is 0 Å². The van der Waals surface area contributed by atoms with Gasteiger partial charge in [-0.15, -0.1) is 0 Å². The first-order valence-electron chi connectivity index (χ1n) is 4.85. The zero-order valence-corrected chi connectivity index (χ0v) is 7.72. The van der Waals surface area contributed by atoms with Crippen molar-refractivity contribution in [2.45, 2.75) is 32.6 Å². The molecule has 0 nitrogen and oxygen atoms in total. The summed E-state index contributed by atoms with van der Waals surface area (Å²) in [5, 5.41) is 0. The molecule has 64 valence electrons. The maximum Gasteiger partial charge on any atom is 0.0100 e. The van der Waals surface area contributed by atoms with E-state index in [9.17, 15) is 0 Å². The zero-order chi connectivity index (χ0) is 8.44. The second-order valence-electron chi connectivity index (χ2n) is 4.03. The van der Waals surface area contributed by atoms with Crippen LogP contribution in [0.4, 0.5) is 0 Å². The fraction of sp³-hybridized carbons (Fsp3) is 0.500. The van der Waals surface area contributed by atoms with E-state index in [1.807, 2.05) is 0 Å². The number of allylic oxidation sites excluding steroid dienone is 6. The van der Waals surface area contributed by atoms with Gasteiger partial charge < -0.3 is 0 Å². The van der Waals surface area contributed by atoms with Crippen LogP contribution in [0.15, 0.2) is 36.0 Å². The summed E-state index contributed by atoms with van der Waals surface area (Å²) in [4.78, 5) is 0. The van der Waals surface area contributed by atoms with Crippen LogP contribution in [0.1, 0.15) is 32.6 Å². The first-order valence-corrected chi connectivity index (χ1v) is 4.85. The Morgan fingerprint density at radius 2 is 2.25 bits per heavy atom. The lowest BCUT2D eigenvalue weighted by Gasteiger charge is -2.28. The maximum absolute atomic E-state index is 2.43. The number of hydrogen-bond acceptors (Lipinski definition) is 0. The van der Waals surface area contributed by atoms with Crippen molar-refractivity contribution in [2.75, 3.05) is 0 Å². The number of rotatable bonds is 1. The Morgan fingerprint density at radius 1 is 1.33 bits per heavy atom. The SMILES string of the molecule is C[C@]1(C2=CCCC2)C=CC=CC1. The molecule has 0 heteroatoms. The molecule has 0 N–H and O–H groups in total. The summed E-state index contributed by atoms with van der Waals surface area (Å²) in [7, 11) is 0. The molecule has 0 unspecified atom stereocenters. The molecule has 0 saturated carbocycles. The molecule has 0 heterocycles. The minimum Gasteiger partial charge on any atom is -0.0844 e. The van der Waals surface area contributed by atoms with Crippen LogP contribution in [0, 0.1) is 5.41 Å². The van der Waals surface area contributed by atoms with Crippen molar-refractivity contribution in [3.63, 3.8) is 0 Å². The van der Waals surface area contributed by atoms with Crippen molar-refractivity contribution in [2.24, 2.45) is 5.41 Å². The lowest BCUT2D eigenvalue weighted by molar-refractivity contribution is 0.503. The lowest BCUT2D eigenvalue weighted by Crippen LogP contribution is -2.15. The fourth-order valence-corrected chi connectivity index (χ4v) is 2.16. The summed E-state index contributed by atoms with van der Waals surface area (Å²) in [6.45, 7) is 2.35. The van der Waals surface area contributed by atoms with Crippen molar-refractivity contribution in [3.05, 3.63) is 36.0 Å². The van der Waals surface area contributed by atoms with E-state index in [0.29, 0.717) is 5.41 Å². The van der Waals surface area contributed by atoms with Gasteiger partial charge in [-0.3, -0.25) is 0 Å². The Balaban J connectivity index is 2.20. The second-order valence-corrected chi connectivity index (χ2v) is 4.03. The normalized spacial score (nSPS) is 33.9. The van der Waals surface area contributed by atoms with Gasteiger partial charge in [-0.1, -0.05) is 42.9 Å². The molecular formula is C12H16. The average molecular weight is 160 g/mol. The van der Waals surface area contributed by atoms with Gasteiger partial charge in [0.1, 0.15) is 0 Å². The Bertz CT molecular complexity index is 255. The number of hydrogen-bond donors (Lipinski definition) is 0. The van der Waals surface area contributed by atoms with E-state index < -0.39 is 0 Å². The minimum absolute atomic E-state index is 0.352. The van der Waals surface area contributed by atoms with E-state index >= 15 is 0 Å². The molecule has 0 aromatic rings. The Labute approximate surface area is 74.7 Å². The topological polar surface area (TPSA) is 0 Å². The third-order valence-electron chi connectivity index (χ3n) is 3.03. The Hall–Kier alpha value is -0.780. The molecule has 0 amide bonds. The van der Waals surface area contributed by atoms with Crippen molar-refractivity contribution in [1.82, 2.24) is 0 Å². The first-order chi connectivity index (χ1) is 5.81. The highest BCUT2D eigenvalue weighted by Crippen LogP contribution is 2.40. The monoisotopic (exact) mass is 160 g/mol. The third-order valence-corrected chi connectivity index (χ3v) is 3.03. The molecule has 2 rings (SSSR count). The van der Waals surface area contributed by atoms with Crippen molar-refractivity contribution >= 4 is 0 Å². The van der Waals surface area contributed by atoms with E-state index in [-0.39, 0.29) is 0 Å². The third kappa shape index (κ3) is 1.26. The molecule has 0 bridgehead atoms. The van der Waals surface area contributed by atoms with E-state index in [2.05, 4.69) is 37.3 Å². The second kappa shape index (κ2) is 2.93. The van der Waals surface area contributed by atoms with Crippen LogP contribution in [0.5, 0.6) is 0 Å². The Morgan fingerprint density at radius 3 is 2.83 bits per heavy atom. The molecule has 0 saturated heterocycles. The van der Waals surface area contributed by atoms with Crippen LogP contribution in [-0.2, 0) is 0 Å². The van der Waals surface area contributed by atoms with Gasteiger partial charge in [0.25, 0.3) is 0 Å². The molecule has 0 aliphatic heterocycles. The maximum atomic E-state index is 2.43. The molecule has 12 heavy (non-hydrogen) atoms. The van der Waals surface area contributed by atoms with E-state index in [1.165, 1.54) is 25.7 Å². The molecule has 0 fully saturated rings. The van der Waals surface area contributed by atoms with E-state index in [4.69, 9.17) is 0 Å². The van der Waals surface area contributed by atoms with Gasteiger partial charge in [-0.05, 0) is 25.7 Å². The van der Waals surface area contributed by atoms with Gasteiger partial charge in [0.15, 0.2) is 0 Å². The van der Waals surface area contributed by atoms with Crippen molar-refractivity contribution in [1.29, 1.82) is 0 Å². The van der Waals surface area contributed by atoms with Crippen LogP contribution in [0.2, 0.25) is 0 Å². The zero-order valence-electron chi connectivity index (χ0n) is 7.72. The summed E-state index contributed by atoms with van der Waals surface area (Å²) >= 11 is 0. The van der Waals surface area contributed by atoms with Gasteiger partial charge in [-0.2, -0.15) is 0 Å². The van der Waals surface area contributed by atoms with E-state index in [1.54, 1.807) is 5.57 Å². The van der Waals surface area contributed by atoms with Gasteiger partial charge >= 0.3 is 0 Å². The Kier molecular flexibility index (Phi) is 1.92. The molecule has 0 aromatic carbocycles. The molecule has 2 aliphatic carbocycles. The molecule has 0 spiro atoms. The van der Waals surface area contributed by atoms with Crippen LogP contribution in [-0.4, -0.2) is 0 Å². The quantitative estimate of drug-likeness (QED) is 0.514. The van der Waals surface area contributed by atoms with Crippen LogP contribution >= 0.6 is 0 Å². The lowest BCUT2D eigenvalue weighted by atomic mass is 9.76. The summed E-state index contributed by atoms with van der Waals surface area (Å²) in [5.74, 6) is 0. The highest BCUT2D eigenvalue weighted by molar-refractivity contribution is 5.29. The van der Waals surface area contributed by atoms with Gasteiger partial charge in [0.2, 0.25) is 0 Å². The smallest absolute Gasteiger partial charge is 0.0100 e. The molecule has 1 atom stereocenters. The van der Waals surface area contributed by atoms with E-state index in [0.717, 1.165) is 0 Å². The summed E-state index contributed by atoms with van der Waals surface area (Å²) < 4.78 is 0. The molecule has 0 aromatic heterocycles. The highest BCUT2D eigenvalue weighted by Gasteiger charge is 2.26. The molecule has 2 aliphatic rings. The summed E-state index contributed by atoms with van der Waals surface area (Å²) in [5.41, 5.74) is 2.01. The summed E-state index contributed by atoms with van der Waals surface area (Å²) in [6, 6.07) is 0. The first kappa shape index (κ1) is 7.85. The van der Waals surface area contributed by atoms with Crippen molar-refractivity contribution < 1.29 is 0 Å².